The fourth-order valence-electron chi connectivity index (χ4n) is 3.00. The van der Waals surface area contributed by atoms with Crippen LogP contribution in [0.2, 0.25) is 0 Å². The number of hydrogen-bond acceptors (Lipinski definition) is 4. The molecule has 11 heteroatoms. The zero-order valence-corrected chi connectivity index (χ0v) is 17.5. The zero-order chi connectivity index (χ0) is 22.8. The molecule has 3 aromatic rings. The average Bonchev–Trinajstić information content (AvgIpc) is 3.13. The van der Waals surface area contributed by atoms with Crippen LogP contribution in [0.1, 0.15) is 5.56 Å². The fourth-order valence-corrected chi connectivity index (χ4v) is 3.57. The lowest BCUT2D eigenvalue weighted by Crippen LogP contribution is -2.26. The predicted octanol–water partition coefficient (Wildman–Crippen LogP) is 3.87. The van der Waals surface area contributed by atoms with Crippen LogP contribution in [0.4, 0.5) is 23.2 Å². The van der Waals surface area contributed by atoms with Crippen molar-refractivity contribution in [2.24, 2.45) is 7.05 Å². The van der Waals surface area contributed by atoms with E-state index >= 15 is 0 Å². The minimum absolute atomic E-state index is 0.122. The maximum absolute atomic E-state index is 14.0. The third-order valence-corrected chi connectivity index (χ3v) is 5.98. The molecule has 0 amide bonds. The summed E-state index contributed by atoms with van der Waals surface area (Å²) in [6.07, 6.45) is -3.06. The summed E-state index contributed by atoms with van der Waals surface area (Å²) in [5, 5.41) is 7.38. The molecule has 2 N–H and O–H groups in total. The Morgan fingerprint density at radius 2 is 1.74 bits per heavy atom. The summed E-state index contributed by atoms with van der Waals surface area (Å²) in [4.78, 5) is 0. The molecular weight excluding hydrogens is 436 g/mol. The summed E-state index contributed by atoms with van der Waals surface area (Å²) in [7, 11) is -0.348. The number of nitrogens with one attached hydrogen (secondary N) is 2. The fraction of sp³-hybridized carbons (Fsp3) is 0.250. The third kappa shape index (κ3) is 5.42. The monoisotopic (exact) mass is 456 g/mol. The summed E-state index contributed by atoms with van der Waals surface area (Å²) in [5.41, 5.74) is 1.18. The Hall–Kier alpha value is -2.92. The molecule has 6 nitrogen and oxygen atoms in total. The van der Waals surface area contributed by atoms with Crippen molar-refractivity contribution in [3.63, 3.8) is 0 Å². The van der Waals surface area contributed by atoms with Crippen molar-refractivity contribution < 1.29 is 26.0 Å². The van der Waals surface area contributed by atoms with Gasteiger partial charge in [-0.25, -0.2) is 17.5 Å². The van der Waals surface area contributed by atoms with Gasteiger partial charge in [-0.2, -0.15) is 18.3 Å². The first-order chi connectivity index (χ1) is 14.5. The van der Waals surface area contributed by atoms with Gasteiger partial charge in [0.15, 0.2) is 0 Å². The molecule has 0 unspecified atom stereocenters. The van der Waals surface area contributed by atoms with E-state index in [0.717, 1.165) is 6.07 Å². The van der Waals surface area contributed by atoms with Crippen molar-refractivity contribution in [1.29, 1.82) is 0 Å². The summed E-state index contributed by atoms with van der Waals surface area (Å²) in [6, 6.07) is 9.42. The first kappa shape index (κ1) is 22.8. The number of alkyl halides is 3. The van der Waals surface area contributed by atoms with E-state index in [4.69, 9.17) is 0 Å². The molecule has 1 heterocycles. The predicted molar refractivity (Wildman–Crippen MR) is 110 cm³/mol. The Bertz CT molecular complexity index is 1190. The van der Waals surface area contributed by atoms with Crippen LogP contribution in [0.15, 0.2) is 48.7 Å². The molecule has 2 aromatic carbocycles. The van der Waals surface area contributed by atoms with E-state index in [1.165, 1.54) is 13.1 Å². The summed E-state index contributed by atoms with van der Waals surface area (Å²) in [5.74, 6) is -1.51. The second-order valence-corrected chi connectivity index (χ2v) is 8.82. The number of aromatic nitrogens is 2. The molecule has 31 heavy (non-hydrogen) atoms. The van der Waals surface area contributed by atoms with Crippen LogP contribution in [-0.2, 0) is 23.2 Å². The van der Waals surface area contributed by atoms with Crippen LogP contribution in [0.25, 0.3) is 22.4 Å². The minimum Gasteiger partial charge on any atom is -0.383 e. The molecule has 0 bridgehead atoms. The van der Waals surface area contributed by atoms with E-state index in [-0.39, 0.29) is 17.9 Å². The van der Waals surface area contributed by atoms with Crippen molar-refractivity contribution >= 4 is 15.7 Å². The average molecular weight is 456 g/mol. The van der Waals surface area contributed by atoms with E-state index in [9.17, 15) is 26.0 Å². The van der Waals surface area contributed by atoms with Gasteiger partial charge in [0, 0.05) is 31.0 Å². The van der Waals surface area contributed by atoms with Crippen LogP contribution < -0.4 is 10.0 Å². The van der Waals surface area contributed by atoms with Crippen LogP contribution in [0.3, 0.4) is 0 Å². The highest BCUT2D eigenvalue weighted by Crippen LogP contribution is 2.36. The molecule has 0 atom stereocenters. The number of hydrogen-bond donors (Lipinski definition) is 2. The first-order valence-electron chi connectivity index (χ1n) is 9.16. The normalized spacial score (nSPS) is 12.2. The maximum atomic E-state index is 14.0. The standard InChI is InChI=1S/C20H20F4N4O2S/c1-25-31(29,30)10-8-26-18-6-4-13(11-15(18)19-7-9-28(2)27-19)14-3-5-16(17(21)12-14)20(22,23)24/h3-7,9,11-12,25-26H,8,10H2,1-2H3. The lowest BCUT2D eigenvalue weighted by Gasteiger charge is -2.14. The van der Waals surface area contributed by atoms with E-state index < -0.39 is 27.6 Å². The Morgan fingerprint density at radius 1 is 1.06 bits per heavy atom. The number of rotatable bonds is 7. The Morgan fingerprint density at radius 3 is 2.32 bits per heavy atom. The molecule has 0 aliphatic rings. The van der Waals surface area contributed by atoms with Crippen LogP contribution >= 0.6 is 0 Å². The second kappa shape index (κ2) is 8.67. The summed E-state index contributed by atoms with van der Waals surface area (Å²) in [6.45, 7) is 0.122. The first-order valence-corrected chi connectivity index (χ1v) is 10.8. The topological polar surface area (TPSA) is 76.0 Å². The molecule has 0 saturated carbocycles. The van der Waals surface area contributed by atoms with E-state index in [2.05, 4.69) is 15.1 Å². The summed E-state index contributed by atoms with van der Waals surface area (Å²) >= 11 is 0. The minimum atomic E-state index is -4.77. The van der Waals surface area contributed by atoms with Gasteiger partial charge in [-0.05, 0) is 48.5 Å². The van der Waals surface area contributed by atoms with Gasteiger partial charge >= 0.3 is 6.18 Å². The van der Waals surface area contributed by atoms with Gasteiger partial charge in [0.25, 0.3) is 0 Å². The largest absolute Gasteiger partial charge is 0.419 e. The highest BCUT2D eigenvalue weighted by molar-refractivity contribution is 7.89. The quantitative estimate of drug-likeness (QED) is 0.530. The van der Waals surface area contributed by atoms with Gasteiger partial charge in [-0.1, -0.05) is 12.1 Å². The number of benzene rings is 2. The molecule has 0 radical (unpaired) electrons. The molecule has 3 rings (SSSR count). The lowest BCUT2D eigenvalue weighted by molar-refractivity contribution is -0.139. The molecule has 0 spiro atoms. The van der Waals surface area contributed by atoms with Crippen molar-refractivity contribution in [3.05, 3.63) is 60.0 Å². The number of aryl methyl sites for hydroxylation is 1. The van der Waals surface area contributed by atoms with Crippen molar-refractivity contribution in [2.75, 3.05) is 24.7 Å². The molecule has 0 aliphatic carbocycles. The number of sulfonamides is 1. The molecule has 0 saturated heterocycles. The van der Waals surface area contributed by atoms with Crippen LogP contribution in [0.5, 0.6) is 0 Å². The van der Waals surface area contributed by atoms with Crippen molar-refractivity contribution in [3.8, 4) is 22.4 Å². The van der Waals surface area contributed by atoms with Crippen molar-refractivity contribution in [1.82, 2.24) is 14.5 Å². The molecule has 0 aliphatic heterocycles. The zero-order valence-electron chi connectivity index (χ0n) is 16.7. The number of nitrogens with zero attached hydrogens (tertiary/aromatic N) is 2. The Labute approximate surface area is 177 Å². The van der Waals surface area contributed by atoms with Gasteiger partial charge in [0.05, 0.1) is 17.0 Å². The SMILES string of the molecule is CNS(=O)(=O)CCNc1ccc(-c2ccc(C(F)(F)F)c(F)c2)cc1-c1ccn(C)n1. The Balaban J connectivity index is 1.98. The van der Waals surface area contributed by atoms with Gasteiger partial charge in [-0.3, -0.25) is 4.68 Å². The van der Waals surface area contributed by atoms with E-state index in [1.807, 2.05) is 0 Å². The maximum Gasteiger partial charge on any atom is 0.419 e. The Kier molecular flexibility index (Phi) is 6.37. The number of halogens is 4. The van der Waals surface area contributed by atoms with Crippen molar-refractivity contribution in [2.45, 2.75) is 6.18 Å². The van der Waals surface area contributed by atoms with E-state index in [1.54, 1.807) is 42.2 Å². The molecule has 1 aromatic heterocycles. The van der Waals surface area contributed by atoms with Gasteiger partial charge in [0.2, 0.25) is 10.0 Å². The smallest absolute Gasteiger partial charge is 0.383 e. The second-order valence-electron chi connectivity index (χ2n) is 6.78. The molecule has 0 fully saturated rings. The third-order valence-electron chi connectivity index (χ3n) is 4.61. The highest BCUT2D eigenvalue weighted by atomic mass is 32.2. The molecular formula is C20H20F4N4O2S. The van der Waals surface area contributed by atoms with Crippen LogP contribution in [0, 0.1) is 5.82 Å². The van der Waals surface area contributed by atoms with Gasteiger partial charge in [-0.15, -0.1) is 0 Å². The van der Waals surface area contributed by atoms with Gasteiger partial charge < -0.3 is 5.32 Å². The number of anilines is 1. The summed E-state index contributed by atoms with van der Waals surface area (Å²) < 4.78 is 79.7. The van der Waals surface area contributed by atoms with E-state index in [0.29, 0.717) is 28.6 Å². The molecule has 166 valence electrons. The van der Waals surface area contributed by atoms with Crippen LogP contribution in [-0.4, -0.2) is 37.5 Å². The highest BCUT2D eigenvalue weighted by Gasteiger charge is 2.34. The van der Waals surface area contributed by atoms with Gasteiger partial charge in [0.1, 0.15) is 5.82 Å². The lowest BCUT2D eigenvalue weighted by atomic mass is 9.99.